The average molecular weight is 326 g/mol. The van der Waals surface area contributed by atoms with Gasteiger partial charge in [-0.05, 0) is 36.1 Å². The molecule has 0 aliphatic heterocycles. The molecule has 0 fully saturated rings. The lowest BCUT2D eigenvalue weighted by Crippen LogP contribution is -2.27. The van der Waals surface area contributed by atoms with Gasteiger partial charge >= 0.3 is 0 Å². The number of hydrogen-bond donors (Lipinski definition) is 2. The number of hydrogen-bond acceptors (Lipinski definition) is 5. The van der Waals surface area contributed by atoms with E-state index in [4.69, 9.17) is 10.5 Å². The van der Waals surface area contributed by atoms with Crippen LogP contribution in [0.25, 0.3) is 0 Å². The predicted molar refractivity (Wildman–Crippen MR) is 83.9 cm³/mol. The minimum absolute atomic E-state index is 0.108. The van der Waals surface area contributed by atoms with Gasteiger partial charge in [-0.15, -0.1) is 11.3 Å². The van der Waals surface area contributed by atoms with Crippen molar-refractivity contribution < 1.29 is 13.2 Å². The Labute approximate surface area is 128 Å². The van der Waals surface area contributed by atoms with E-state index in [1.807, 2.05) is 24.4 Å². The van der Waals surface area contributed by atoms with Crippen LogP contribution in [0.3, 0.4) is 0 Å². The van der Waals surface area contributed by atoms with E-state index < -0.39 is 10.0 Å². The van der Waals surface area contributed by atoms with E-state index >= 15 is 0 Å². The lowest BCUT2D eigenvalue weighted by molar-refractivity contribution is 0.402. The molecule has 2 aromatic rings. The van der Waals surface area contributed by atoms with E-state index in [9.17, 15) is 8.42 Å². The molecule has 1 atom stereocenters. The van der Waals surface area contributed by atoms with E-state index in [-0.39, 0.29) is 17.5 Å². The molecule has 0 aliphatic carbocycles. The summed E-state index contributed by atoms with van der Waals surface area (Å²) in [5.74, 6) is 0.304. The molecule has 0 amide bonds. The third kappa shape index (κ3) is 3.62. The Morgan fingerprint density at radius 2 is 2.14 bits per heavy atom. The van der Waals surface area contributed by atoms with Crippen LogP contribution in [0.1, 0.15) is 23.4 Å². The van der Waals surface area contributed by atoms with Crippen molar-refractivity contribution in [3.05, 3.63) is 46.2 Å². The van der Waals surface area contributed by atoms with Crippen LogP contribution in [0.2, 0.25) is 0 Å². The van der Waals surface area contributed by atoms with Crippen molar-refractivity contribution >= 4 is 21.4 Å². The molecule has 3 N–H and O–H groups in total. The topological polar surface area (TPSA) is 81.4 Å². The summed E-state index contributed by atoms with van der Waals surface area (Å²) in [6, 6.07) is 8.39. The Balaban J connectivity index is 2.34. The van der Waals surface area contributed by atoms with E-state index in [1.54, 1.807) is 18.2 Å². The van der Waals surface area contributed by atoms with Gasteiger partial charge < -0.3 is 10.5 Å². The Morgan fingerprint density at radius 3 is 2.71 bits per heavy atom. The Hall–Kier alpha value is -1.41. The molecule has 0 aliphatic rings. The first kappa shape index (κ1) is 16.0. The largest absolute Gasteiger partial charge is 0.495 e. The molecule has 1 aromatic heterocycles. The standard InChI is InChI=1S/C14H18N2O3S2/c1-10(13-4-3-7-20-13)16-21(17,18)14-8-11(9-15)5-6-12(14)19-2/h3-8,10,16H,9,15H2,1-2H3. The molecular formula is C14H18N2O3S2. The summed E-state index contributed by atoms with van der Waals surface area (Å²) in [5.41, 5.74) is 6.31. The van der Waals surface area contributed by atoms with Gasteiger partial charge in [0.2, 0.25) is 10.0 Å². The van der Waals surface area contributed by atoms with Gasteiger partial charge in [0.1, 0.15) is 10.6 Å². The van der Waals surface area contributed by atoms with Gasteiger partial charge in [-0.3, -0.25) is 0 Å². The van der Waals surface area contributed by atoms with Crippen molar-refractivity contribution in [3.8, 4) is 5.75 Å². The van der Waals surface area contributed by atoms with Crippen LogP contribution in [0.15, 0.2) is 40.6 Å². The highest BCUT2D eigenvalue weighted by Gasteiger charge is 2.23. The van der Waals surface area contributed by atoms with Crippen molar-refractivity contribution in [2.45, 2.75) is 24.4 Å². The normalized spacial score (nSPS) is 13.1. The van der Waals surface area contributed by atoms with Crippen LogP contribution in [-0.2, 0) is 16.6 Å². The van der Waals surface area contributed by atoms with Crippen LogP contribution in [0.4, 0.5) is 0 Å². The van der Waals surface area contributed by atoms with Gasteiger partial charge in [0.05, 0.1) is 13.2 Å². The van der Waals surface area contributed by atoms with Crippen molar-refractivity contribution in [2.24, 2.45) is 5.73 Å². The SMILES string of the molecule is COc1ccc(CN)cc1S(=O)(=O)NC(C)c1cccs1. The Kier molecular flexibility index (Phi) is 5.00. The maximum Gasteiger partial charge on any atom is 0.244 e. The molecule has 1 heterocycles. The van der Waals surface area contributed by atoms with Gasteiger partial charge in [-0.25, -0.2) is 13.1 Å². The van der Waals surface area contributed by atoms with E-state index in [0.29, 0.717) is 5.75 Å². The molecule has 0 radical (unpaired) electrons. The third-order valence-corrected chi connectivity index (χ3v) is 5.67. The van der Waals surface area contributed by atoms with Gasteiger partial charge in [-0.1, -0.05) is 12.1 Å². The zero-order chi connectivity index (χ0) is 15.5. The number of rotatable bonds is 6. The van der Waals surface area contributed by atoms with Crippen LogP contribution in [0, 0.1) is 0 Å². The Morgan fingerprint density at radius 1 is 1.38 bits per heavy atom. The fourth-order valence-electron chi connectivity index (χ4n) is 1.95. The molecule has 0 saturated carbocycles. The second-order valence-electron chi connectivity index (χ2n) is 4.55. The fraction of sp³-hybridized carbons (Fsp3) is 0.286. The zero-order valence-electron chi connectivity index (χ0n) is 11.9. The molecule has 1 unspecified atom stereocenters. The molecule has 1 aromatic carbocycles. The summed E-state index contributed by atoms with van der Waals surface area (Å²) in [7, 11) is -2.24. The summed E-state index contributed by atoms with van der Waals surface area (Å²) in [4.78, 5) is 1.06. The van der Waals surface area contributed by atoms with Crippen molar-refractivity contribution in [3.63, 3.8) is 0 Å². The minimum Gasteiger partial charge on any atom is -0.495 e. The van der Waals surface area contributed by atoms with Crippen LogP contribution >= 0.6 is 11.3 Å². The molecule has 0 bridgehead atoms. The minimum atomic E-state index is -3.68. The molecule has 0 saturated heterocycles. The van der Waals surface area contributed by atoms with Gasteiger partial charge in [0, 0.05) is 11.4 Å². The monoisotopic (exact) mass is 326 g/mol. The van der Waals surface area contributed by atoms with Gasteiger partial charge in [0.15, 0.2) is 0 Å². The molecule has 21 heavy (non-hydrogen) atoms. The molecule has 114 valence electrons. The highest BCUT2D eigenvalue weighted by atomic mass is 32.2. The number of benzene rings is 1. The quantitative estimate of drug-likeness (QED) is 0.853. The second-order valence-corrected chi connectivity index (χ2v) is 7.21. The molecule has 0 spiro atoms. The van der Waals surface area contributed by atoms with Crippen molar-refractivity contribution in [1.82, 2.24) is 4.72 Å². The number of thiophene rings is 1. The lowest BCUT2D eigenvalue weighted by atomic mass is 10.2. The first-order valence-corrected chi connectivity index (χ1v) is 8.77. The smallest absolute Gasteiger partial charge is 0.244 e. The van der Waals surface area contributed by atoms with Crippen LogP contribution in [-0.4, -0.2) is 15.5 Å². The first-order chi connectivity index (χ1) is 9.97. The summed E-state index contributed by atoms with van der Waals surface area (Å²) in [6.07, 6.45) is 0. The second kappa shape index (κ2) is 6.57. The van der Waals surface area contributed by atoms with E-state index in [1.165, 1.54) is 18.4 Å². The summed E-state index contributed by atoms with van der Waals surface area (Å²) < 4.78 is 32.9. The van der Waals surface area contributed by atoms with E-state index in [2.05, 4.69) is 4.72 Å². The number of nitrogens with two attached hydrogens (primary N) is 1. The number of sulfonamides is 1. The van der Waals surface area contributed by atoms with Gasteiger partial charge in [0.25, 0.3) is 0 Å². The first-order valence-electron chi connectivity index (χ1n) is 6.40. The third-order valence-electron chi connectivity index (χ3n) is 3.06. The molecule has 5 nitrogen and oxygen atoms in total. The van der Waals surface area contributed by atoms with E-state index in [0.717, 1.165) is 10.4 Å². The lowest BCUT2D eigenvalue weighted by Gasteiger charge is -2.15. The van der Waals surface area contributed by atoms with Crippen LogP contribution < -0.4 is 15.2 Å². The number of methoxy groups -OCH3 is 1. The fourth-order valence-corrected chi connectivity index (χ4v) is 4.20. The highest BCUT2D eigenvalue weighted by Crippen LogP contribution is 2.27. The van der Waals surface area contributed by atoms with Crippen molar-refractivity contribution in [1.29, 1.82) is 0 Å². The summed E-state index contributed by atoms with van der Waals surface area (Å²) in [5, 5.41) is 1.91. The zero-order valence-corrected chi connectivity index (χ0v) is 13.5. The predicted octanol–water partition coefficient (Wildman–Crippen LogP) is 2.25. The summed E-state index contributed by atoms with van der Waals surface area (Å²) >= 11 is 1.51. The number of nitrogens with one attached hydrogen (secondary N) is 1. The average Bonchev–Trinajstić information content (AvgIpc) is 3.00. The summed E-state index contributed by atoms with van der Waals surface area (Å²) in [6.45, 7) is 2.08. The molecule has 2 rings (SSSR count). The van der Waals surface area contributed by atoms with Crippen LogP contribution in [0.5, 0.6) is 5.75 Å². The molecule has 7 heteroatoms. The number of ether oxygens (including phenoxy) is 1. The maximum atomic E-state index is 12.6. The molecular weight excluding hydrogens is 308 g/mol. The van der Waals surface area contributed by atoms with Crippen molar-refractivity contribution in [2.75, 3.05) is 7.11 Å². The maximum absolute atomic E-state index is 12.6. The van der Waals surface area contributed by atoms with Gasteiger partial charge in [-0.2, -0.15) is 0 Å². The Bertz CT molecular complexity index is 697. The highest BCUT2D eigenvalue weighted by molar-refractivity contribution is 7.89.